The number of benzene rings is 2. The number of carbonyl (C=O) groups excluding carboxylic acids is 1. The van der Waals surface area contributed by atoms with Crippen LogP contribution in [0, 0.1) is 0 Å². The van der Waals surface area contributed by atoms with Gasteiger partial charge in [-0.05, 0) is 24.3 Å². The van der Waals surface area contributed by atoms with Gasteiger partial charge in [-0.2, -0.15) is 0 Å². The van der Waals surface area contributed by atoms with E-state index in [0.717, 1.165) is 5.39 Å². The molecule has 0 unspecified atom stereocenters. The molecule has 3 rings (SSSR count). The van der Waals surface area contributed by atoms with Crippen molar-refractivity contribution in [1.82, 2.24) is 5.32 Å². The molecule has 1 amide bonds. The molecular weight excluding hydrogens is 268 g/mol. The van der Waals surface area contributed by atoms with Crippen molar-refractivity contribution >= 4 is 22.6 Å². The van der Waals surface area contributed by atoms with Crippen molar-refractivity contribution in [3.8, 4) is 5.75 Å². The maximum absolute atomic E-state index is 12.2. The molecule has 0 bridgehead atoms. The van der Waals surface area contributed by atoms with Crippen molar-refractivity contribution in [2.75, 3.05) is 5.73 Å². The summed E-state index contributed by atoms with van der Waals surface area (Å²) in [5.74, 6) is -0.164. The molecule has 5 heteroatoms. The van der Waals surface area contributed by atoms with Crippen LogP contribution in [0.2, 0.25) is 0 Å². The zero-order valence-electron chi connectivity index (χ0n) is 11.2. The van der Waals surface area contributed by atoms with Gasteiger partial charge in [-0.15, -0.1) is 0 Å². The smallest absolute Gasteiger partial charge is 0.255 e. The molecule has 1 heterocycles. The predicted molar refractivity (Wildman–Crippen MR) is 79.9 cm³/mol. The average molecular weight is 282 g/mol. The van der Waals surface area contributed by atoms with Gasteiger partial charge in [-0.25, -0.2) is 0 Å². The monoisotopic (exact) mass is 282 g/mol. The Balaban J connectivity index is 1.79. The van der Waals surface area contributed by atoms with Crippen LogP contribution in [0.25, 0.3) is 11.0 Å². The van der Waals surface area contributed by atoms with E-state index in [1.165, 1.54) is 12.3 Å². The number of nitrogens with one attached hydrogen (secondary N) is 1. The Kier molecular flexibility index (Phi) is 3.23. The normalized spacial score (nSPS) is 10.7. The second-order valence-corrected chi connectivity index (χ2v) is 4.72. The van der Waals surface area contributed by atoms with Gasteiger partial charge in [0.1, 0.15) is 17.6 Å². The maximum Gasteiger partial charge on any atom is 0.255 e. The van der Waals surface area contributed by atoms with E-state index in [1.807, 2.05) is 18.2 Å². The first-order valence-corrected chi connectivity index (χ1v) is 6.47. The zero-order valence-corrected chi connectivity index (χ0v) is 11.2. The molecule has 0 aliphatic rings. The summed E-state index contributed by atoms with van der Waals surface area (Å²) in [6, 6.07) is 12.1. The highest BCUT2D eigenvalue weighted by Gasteiger charge is 2.13. The minimum Gasteiger partial charge on any atom is -0.508 e. The average Bonchev–Trinajstić information content (AvgIpc) is 2.92. The predicted octanol–water partition coefficient (Wildman–Crippen LogP) is 2.65. The van der Waals surface area contributed by atoms with Crippen LogP contribution in [0.4, 0.5) is 5.69 Å². The van der Waals surface area contributed by atoms with Gasteiger partial charge >= 0.3 is 0 Å². The van der Waals surface area contributed by atoms with Crippen molar-refractivity contribution in [1.29, 1.82) is 0 Å². The second kappa shape index (κ2) is 5.20. The van der Waals surface area contributed by atoms with Crippen LogP contribution in [0.5, 0.6) is 5.75 Å². The number of para-hydroxylation sites is 1. The number of aromatic hydroxyl groups is 1. The molecule has 0 atom stereocenters. The summed E-state index contributed by atoms with van der Waals surface area (Å²) in [7, 11) is 0. The molecule has 106 valence electrons. The lowest BCUT2D eigenvalue weighted by Crippen LogP contribution is -2.22. The Labute approximate surface area is 121 Å². The molecule has 0 radical (unpaired) electrons. The Morgan fingerprint density at radius 2 is 2.05 bits per heavy atom. The number of hydrogen-bond donors (Lipinski definition) is 3. The fourth-order valence-corrected chi connectivity index (χ4v) is 2.17. The molecule has 21 heavy (non-hydrogen) atoms. The van der Waals surface area contributed by atoms with Gasteiger partial charge in [-0.1, -0.05) is 18.2 Å². The van der Waals surface area contributed by atoms with Crippen molar-refractivity contribution in [3.63, 3.8) is 0 Å². The van der Waals surface area contributed by atoms with Crippen LogP contribution in [0.1, 0.15) is 15.9 Å². The Bertz CT molecular complexity index is 808. The van der Waals surface area contributed by atoms with E-state index in [2.05, 4.69) is 5.32 Å². The number of nitrogens with two attached hydrogens (primary N) is 1. The number of anilines is 1. The number of amides is 1. The number of fused-ring (bicyclic) bond motifs is 1. The van der Waals surface area contributed by atoms with E-state index in [-0.39, 0.29) is 18.2 Å². The Morgan fingerprint density at radius 3 is 2.90 bits per heavy atom. The van der Waals surface area contributed by atoms with Crippen LogP contribution in [0.15, 0.2) is 53.1 Å². The third-order valence-corrected chi connectivity index (χ3v) is 3.27. The van der Waals surface area contributed by atoms with Crippen molar-refractivity contribution in [2.24, 2.45) is 0 Å². The van der Waals surface area contributed by atoms with Gasteiger partial charge in [0.15, 0.2) is 0 Å². The van der Waals surface area contributed by atoms with Crippen LogP contribution in [-0.2, 0) is 6.54 Å². The fourth-order valence-electron chi connectivity index (χ4n) is 2.17. The summed E-state index contributed by atoms with van der Waals surface area (Å²) in [6.07, 6.45) is 1.43. The molecule has 0 saturated carbocycles. The third-order valence-electron chi connectivity index (χ3n) is 3.27. The van der Waals surface area contributed by atoms with Gasteiger partial charge in [-0.3, -0.25) is 4.79 Å². The highest BCUT2D eigenvalue weighted by atomic mass is 16.3. The highest BCUT2D eigenvalue weighted by Crippen LogP contribution is 2.22. The summed E-state index contributed by atoms with van der Waals surface area (Å²) in [6.45, 7) is 0.190. The molecule has 3 aromatic rings. The van der Waals surface area contributed by atoms with Crippen LogP contribution in [0.3, 0.4) is 0 Å². The van der Waals surface area contributed by atoms with Gasteiger partial charge in [0.2, 0.25) is 0 Å². The molecule has 0 fully saturated rings. The van der Waals surface area contributed by atoms with Gasteiger partial charge in [0, 0.05) is 23.2 Å². The number of phenols is 1. The third kappa shape index (κ3) is 2.53. The summed E-state index contributed by atoms with van der Waals surface area (Å²) >= 11 is 0. The summed E-state index contributed by atoms with van der Waals surface area (Å²) < 4.78 is 5.33. The van der Waals surface area contributed by atoms with Crippen LogP contribution < -0.4 is 11.1 Å². The van der Waals surface area contributed by atoms with E-state index in [4.69, 9.17) is 10.2 Å². The van der Waals surface area contributed by atoms with E-state index < -0.39 is 0 Å². The lowest BCUT2D eigenvalue weighted by Gasteiger charge is -2.07. The van der Waals surface area contributed by atoms with Crippen LogP contribution >= 0.6 is 0 Å². The molecule has 4 N–H and O–H groups in total. The number of phenolic OH excluding ortho intramolecular Hbond substituents is 1. The van der Waals surface area contributed by atoms with E-state index >= 15 is 0 Å². The van der Waals surface area contributed by atoms with E-state index in [0.29, 0.717) is 22.4 Å². The minimum atomic E-state index is -0.262. The molecule has 5 nitrogen and oxygen atoms in total. The Morgan fingerprint density at radius 1 is 1.24 bits per heavy atom. The first kappa shape index (κ1) is 13.1. The minimum absolute atomic E-state index is 0.0987. The second-order valence-electron chi connectivity index (χ2n) is 4.72. The van der Waals surface area contributed by atoms with Gasteiger partial charge in [0.25, 0.3) is 5.91 Å². The van der Waals surface area contributed by atoms with E-state index in [9.17, 15) is 9.90 Å². The number of rotatable bonds is 3. The lowest BCUT2D eigenvalue weighted by atomic mass is 10.1. The van der Waals surface area contributed by atoms with Crippen molar-refractivity contribution in [2.45, 2.75) is 6.54 Å². The summed E-state index contributed by atoms with van der Waals surface area (Å²) in [5, 5.41) is 13.2. The molecule has 0 aliphatic carbocycles. The standard InChI is InChI=1S/C16H14N2O3/c17-11-5-6-14(19)10(7-11)8-18-16(20)13-9-21-15-4-2-1-3-12(13)15/h1-7,9,19H,8,17H2,(H,18,20). The SMILES string of the molecule is Nc1ccc(O)c(CNC(=O)c2coc3ccccc23)c1. The van der Waals surface area contributed by atoms with Crippen molar-refractivity contribution < 1.29 is 14.3 Å². The van der Waals surface area contributed by atoms with Gasteiger partial charge in [0.05, 0.1) is 5.56 Å². The largest absolute Gasteiger partial charge is 0.508 e. The molecule has 0 spiro atoms. The lowest BCUT2D eigenvalue weighted by molar-refractivity contribution is 0.0951. The first-order valence-electron chi connectivity index (χ1n) is 6.47. The zero-order chi connectivity index (χ0) is 14.8. The number of carbonyl (C=O) groups is 1. The molecule has 1 aromatic heterocycles. The number of furan rings is 1. The number of hydrogen-bond acceptors (Lipinski definition) is 4. The fraction of sp³-hybridized carbons (Fsp3) is 0.0625. The topological polar surface area (TPSA) is 88.5 Å². The van der Waals surface area contributed by atoms with E-state index in [1.54, 1.807) is 18.2 Å². The quantitative estimate of drug-likeness (QED) is 0.509. The summed E-state index contributed by atoms with van der Waals surface area (Å²) in [4.78, 5) is 12.2. The number of nitrogen functional groups attached to an aromatic ring is 1. The first-order chi connectivity index (χ1) is 10.1. The van der Waals surface area contributed by atoms with Crippen LogP contribution in [-0.4, -0.2) is 11.0 Å². The van der Waals surface area contributed by atoms with Crippen molar-refractivity contribution in [3.05, 3.63) is 59.9 Å². The molecule has 0 aliphatic heterocycles. The maximum atomic E-state index is 12.2. The summed E-state index contributed by atoms with van der Waals surface area (Å²) in [5.41, 5.74) is 7.89. The Hall–Kier alpha value is -2.95. The van der Waals surface area contributed by atoms with Gasteiger partial charge < -0.3 is 20.6 Å². The highest BCUT2D eigenvalue weighted by molar-refractivity contribution is 6.05. The molecular formula is C16H14N2O3. The molecule has 2 aromatic carbocycles. The molecule has 0 saturated heterocycles.